The SMILES string of the molecule is CNC(=O)N1CCC2(NC3CCOCC3)CC2(C(=N)N2CCCc3cc(-c4ccncn4)c(C#N)cc32)C1. The van der Waals surface area contributed by atoms with Gasteiger partial charge >= 0.3 is 6.03 Å². The van der Waals surface area contributed by atoms with Crippen molar-refractivity contribution in [2.75, 3.05) is 44.8 Å². The monoisotopic (exact) mass is 514 g/mol. The van der Waals surface area contributed by atoms with Gasteiger partial charge in [-0.05, 0) is 62.3 Å². The quantitative estimate of drug-likeness (QED) is 0.422. The highest BCUT2D eigenvalue weighted by Gasteiger charge is 2.73. The number of rotatable bonds is 4. The lowest BCUT2D eigenvalue weighted by atomic mass is 9.87. The third-order valence-electron chi connectivity index (χ3n) is 8.91. The fraction of sp³-hybridized carbons (Fsp3) is 0.536. The Kier molecular flexibility index (Phi) is 6.28. The highest BCUT2D eigenvalue weighted by molar-refractivity contribution is 6.05. The van der Waals surface area contributed by atoms with E-state index in [1.165, 1.54) is 6.33 Å². The summed E-state index contributed by atoms with van der Waals surface area (Å²) in [4.78, 5) is 25.0. The molecular formula is C28H34N8O2. The second-order valence-electron chi connectivity index (χ2n) is 10.9. The number of amidine groups is 1. The molecule has 1 aromatic heterocycles. The third kappa shape index (κ3) is 4.01. The number of ether oxygens (including phenoxy) is 1. The minimum Gasteiger partial charge on any atom is -0.381 e. The van der Waals surface area contributed by atoms with Crippen LogP contribution in [0.15, 0.2) is 30.7 Å². The number of aryl methyl sites for hydroxylation is 1. The van der Waals surface area contributed by atoms with Gasteiger partial charge in [0.25, 0.3) is 0 Å². The largest absolute Gasteiger partial charge is 0.381 e. The number of hydrogen-bond acceptors (Lipinski definition) is 7. The summed E-state index contributed by atoms with van der Waals surface area (Å²) in [6, 6.07) is 8.42. The van der Waals surface area contributed by atoms with E-state index in [-0.39, 0.29) is 11.6 Å². The van der Waals surface area contributed by atoms with Crippen molar-refractivity contribution in [1.29, 1.82) is 10.7 Å². The van der Waals surface area contributed by atoms with Gasteiger partial charge in [0.1, 0.15) is 12.2 Å². The van der Waals surface area contributed by atoms with Gasteiger partial charge in [-0.25, -0.2) is 14.8 Å². The van der Waals surface area contributed by atoms with Crippen LogP contribution in [0.25, 0.3) is 11.3 Å². The predicted octanol–water partition coefficient (Wildman–Crippen LogP) is 2.69. The lowest BCUT2D eigenvalue weighted by Crippen LogP contribution is -2.59. The fourth-order valence-electron chi connectivity index (χ4n) is 6.82. The second-order valence-corrected chi connectivity index (χ2v) is 10.9. The molecule has 2 atom stereocenters. The van der Waals surface area contributed by atoms with E-state index in [1.54, 1.807) is 13.2 Å². The summed E-state index contributed by atoms with van der Waals surface area (Å²) in [5.41, 5.74) is 3.43. The number of hydrogen-bond donors (Lipinski definition) is 3. The van der Waals surface area contributed by atoms with Crippen LogP contribution in [0, 0.1) is 22.2 Å². The first-order valence-corrected chi connectivity index (χ1v) is 13.5. The van der Waals surface area contributed by atoms with Gasteiger partial charge in [-0.15, -0.1) is 0 Å². The van der Waals surface area contributed by atoms with Crippen molar-refractivity contribution in [3.8, 4) is 17.3 Å². The molecule has 0 spiro atoms. The van der Waals surface area contributed by atoms with Crippen LogP contribution in [0.4, 0.5) is 10.5 Å². The zero-order valence-electron chi connectivity index (χ0n) is 21.8. The van der Waals surface area contributed by atoms with Crippen molar-refractivity contribution in [2.45, 2.75) is 50.1 Å². The molecule has 2 aromatic rings. The molecule has 38 heavy (non-hydrogen) atoms. The number of aromatic nitrogens is 2. The topological polar surface area (TPSA) is 130 Å². The summed E-state index contributed by atoms with van der Waals surface area (Å²) in [6.45, 7) is 3.42. The average Bonchev–Trinajstić information content (AvgIpc) is 3.65. The molecule has 1 saturated carbocycles. The van der Waals surface area contributed by atoms with Crippen LogP contribution in [0.5, 0.6) is 0 Å². The molecule has 198 valence electrons. The smallest absolute Gasteiger partial charge is 0.317 e. The Balaban J connectivity index is 1.35. The molecular weight excluding hydrogens is 480 g/mol. The Morgan fingerprint density at radius 2 is 2.13 bits per heavy atom. The summed E-state index contributed by atoms with van der Waals surface area (Å²) in [6.07, 6.45) is 8.56. The highest BCUT2D eigenvalue weighted by Crippen LogP contribution is 2.63. The van der Waals surface area contributed by atoms with Crippen molar-refractivity contribution in [3.05, 3.63) is 41.9 Å². The molecule has 0 bridgehead atoms. The van der Waals surface area contributed by atoms with Gasteiger partial charge < -0.3 is 25.2 Å². The van der Waals surface area contributed by atoms with Gasteiger partial charge in [0, 0.05) is 68.9 Å². The summed E-state index contributed by atoms with van der Waals surface area (Å²) in [5.74, 6) is 0.547. The Hall–Kier alpha value is -3.55. The molecule has 3 aliphatic heterocycles. The van der Waals surface area contributed by atoms with E-state index in [2.05, 4.69) is 37.6 Å². The van der Waals surface area contributed by atoms with Gasteiger partial charge in [-0.2, -0.15) is 5.26 Å². The minimum atomic E-state index is -0.469. The Morgan fingerprint density at radius 3 is 2.87 bits per heavy atom. The maximum absolute atomic E-state index is 12.7. The summed E-state index contributed by atoms with van der Waals surface area (Å²) in [7, 11) is 1.66. The number of piperidine rings is 1. The number of nitrogens with one attached hydrogen (secondary N) is 3. The van der Waals surface area contributed by atoms with Crippen LogP contribution in [0.3, 0.4) is 0 Å². The van der Waals surface area contributed by atoms with Gasteiger partial charge in [0.15, 0.2) is 0 Å². The zero-order valence-corrected chi connectivity index (χ0v) is 21.8. The van der Waals surface area contributed by atoms with Crippen LogP contribution in [0.1, 0.15) is 43.2 Å². The molecule has 10 nitrogen and oxygen atoms in total. The first-order valence-electron chi connectivity index (χ1n) is 13.5. The molecule has 2 unspecified atom stereocenters. The number of carbonyl (C=O) groups excluding carboxylic acids is 1. The number of amides is 2. The minimum absolute atomic E-state index is 0.0935. The lowest BCUT2D eigenvalue weighted by Gasteiger charge is -2.43. The van der Waals surface area contributed by atoms with Crippen molar-refractivity contribution in [1.82, 2.24) is 25.5 Å². The number of nitriles is 1. The number of nitrogens with zero attached hydrogens (tertiary/aromatic N) is 5. The van der Waals surface area contributed by atoms with Gasteiger partial charge in [0.05, 0.1) is 22.7 Å². The molecule has 4 heterocycles. The third-order valence-corrected chi connectivity index (χ3v) is 8.91. The summed E-state index contributed by atoms with van der Waals surface area (Å²) >= 11 is 0. The number of fused-ring (bicyclic) bond motifs is 2. The van der Waals surface area contributed by atoms with E-state index in [1.807, 2.05) is 17.0 Å². The Morgan fingerprint density at radius 1 is 1.29 bits per heavy atom. The molecule has 2 saturated heterocycles. The van der Waals surface area contributed by atoms with E-state index >= 15 is 0 Å². The molecule has 1 aromatic carbocycles. The maximum atomic E-state index is 12.7. The second kappa shape index (κ2) is 9.64. The Labute approximate surface area is 222 Å². The van der Waals surface area contributed by atoms with E-state index in [0.717, 1.165) is 80.8 Å². The van der Waals surface area contributed by atoms with Crippen LogP contribution in [-0.4, -0.2) is 78.2 Å². The number of benzene rings is 1. The summed E-state index contributed by atoms with van der Waals surface area (Å²) < 4.78 is 5.58. The van der Waals surface area contributed by atoms with Gasteiger partial charge in [0.2, 0.25) is 0 Å². The zero-order chi connectivity index (χ0) is 26.3. The first-order chi connectivity index (χ1) is 18.5. The van der Waals surface area contributed by atoms with Crippen molar-refractivity contribution >= 4 is 17.6 Å². The predicted molar refractivity (Wildman–Crippen MR) is 143 cm³/mol. The number of likely N-dealkylation sites (tertiary alicyclic amines) is 1. The number of anilines is 1. The molecule has 4 aliphatic rings. The van der Waals surface area contributed by atoms with Crippen LogP contribution in [-0.2, 0) is 11.2 Å². The molecule has 6 rings (SSSR count). The van der Waals surface area contributed by atoms with Crippen LogP contribution < -0.4 is 15.5 Å². The molecule has 3 fully saturated rings. The summed E-state index contributed by atoms with van der Waals surface area (Å²) in [5, 5.41) is 26.4. The number of carbonyl (C=O) groups is 1. The molecule has 2 amide bonds. The first kappa shape index (κ1) is 24.8. The van der Waals surface area contributed by atoms with Crippen molar-refractivity contribution in [3.63, 3.8) is 0 Å². The van der Waals surface area contributed by atoms with E-state index in [0.29, 0.717) is 30.5 Å². The number of urea groups is 1. The Bertz CT molecular complexity index is 1290. The fourth-order valence-corrected chi connectivity index (χ4v) is 6.82. The molecule has 10 heteroatoms. The standard InChI is InChI=1S/C28H34N8O2/c1-31-26(37)35-10-7-28(34-21-5-11-38-12-6-21)16-27(28,17-35)25(30)36-9-2-3-19-13-22(20(15-29)14-24(19)36)23-4-8-32-18-33-23/h4,8,13-14,18,21,30,34H,2-3,5-7,9-12,16-17H2,1H3,(H,31,37). The van der Waals surface area contributed by atoms with Crippen molar-refractivity contribution in [2.24, 2.45) is 5.41 Å². The van der Waals surface area contributed by atoms with Crippen LogP contribution in [0.2, 0.25) is 0 Å². The normalized spacial score (nSPS) is 26.6. The molecule has 0 radical (unpaired) electrons. The van der Waals surface area contributed by atoms with E-state index in [9.17, 15) is 15.5 Å². The lowest BCUT2D eigenvalue weighted by molar-refractivity contribution is 0.0682. The van der Waals surface area contributed by atoms with Gasteiger partial charge in [-0.1, -0.05) is 0 Å². The highest BCUT2D eigenvalue weighted by atomic mass is 16.5. The maximum Gasteiger partial charge on any atom is 0.317 e. The van der Waals surface area contributed by atoms with E-state index in [4.69, 9.17) is 4.74 Å². The molecule has 1 aliphatic carbocycles. The molecule has 3 N–H and O–H groups in total. The average molecular weight is 515 g/mol. The van der Waals surface area contributed by atoms with E-state index < -0.39 is 5.41 Å². The van der Waals surface area contributed by atoms with Crippen LogP contribution >= 0.6 is 0 Å². The van der Waals surface area contributed by atoms with Crippen molar-refractivity contribution < 1.29 is 9.53 Å². The van der Waals surface area contributed by atoms with Gasteiger partial charge in [-0.3, -0.25) is 5.41 Å².